The van der Waals surface area contributed by atoms with Gasteiger partial charge in [0.25, 0.3) is 11.4 Å². The summed E-state index contributed by atoms with van der Waals surface area (Å²) in [5.41, 5.74) is 4.03. The summed E-state index contributed by atoms with van der Waals surface area (Å²) in [6, 6.07) is 25.6. The van der Waals surface area contributed by atoms with Crippen LogP contribution in [0.1, 0.15) is 22.3 Å². The molecule has 0 aliphatic rings. The van der Waals surface area contributed by atoms with E-state index >= 15 is 0 Å². The van der Waals surface area contributed by atoms with Gasteiger partial charge in [-0.15, -0.1) is 11.3 Å². The quantitative estimate of drug-likeness (QED) is 0.140. The Balaban J connectivity index is 1.42. The van der Waals surface area contributed by atoms with Crippen molar-refractivity contribution in [2.24, 2.45) is 0 Å². The van der Waals surface area contributed by atoms with Crippen LogP contribution in [-0.2, 0) is 0 Å². The molecule has 35 heavy (non-hydrogen) atoms. The van der Waals surface area contributed by atoms with Gasteiger partial charge in [0.05, 0.1) is 9.85 Å². The number of hydrogen-bond acceptors (Lipinski definition) is 5. The number of nitrogens with zero attached hydrogens (tertiary/aromatic N) is 2. The molecule has 0 N–H and O–H groups in total. The number of benzene rings is 4. The third-order valence-corrected chi connectivity index (χ3v) is 6.81. The van der Waals surface area contributed by atoms with Gasteiger partial charge in [0.15, 0.2) is 0 Å². The molecule has 1 heterocycles. The lowest BCUT2D eigenvalue weighted by molar-refractivity contribution is -0.385. The van der Waals surface area contributed by atoms with E-state index in [0.717, 1.165) is 22.3 Å². The predicted molar refractivity (Wildman–Crippen MR) is 143 cm³/mol. The van der Waals surface area contributed by atoms with Gasteiger partial charge >= 0.3 is 0 Å². The summed E-state index contributed by atoms with van der Waals surface area (Å²) in [5.74, 6) is 0. The largest absolute Gasteiger partial charge is 0.269 e. The number of non-ortho nitro benzene ring substituents is 2. The monoisotopic (exact) mass is 478 g/mol. The highest BCUT2D eigenvalue weighted by molar-refractivity contribution is 7.25. The number of fused-ring (bicyclic) bond motifs is 3. The maximum Gasteiger partial charge on any atom is 0.269 e. The third-order valence-electron chi connectivity index (χ3n) is 5.66. The molecule has 170 valence electrons. The number of hydrogen-bond donors (Lipinski definition) is 0. The molecule has 0 bridgehead atoms. The average Bonchev–Trinajstić information content (AvgIpc) is 3.24. The molecule has 6 nitrogen and oxygen atoms in total. The van der Waals surface area contributed by atoms with E-state index in [1.807, 2.05) is 24.3 Å². The van der Waals surface area contributed by atoms with Crippen LogP contribution in [0, 0.1) is 20.2 Å². The highest BCUT2D eigenvalue weighted by Gasteiger charge is 2.07. The molecule has 0 fully saturated rings. The standard InChI is InChI=1S/C28H18N2O4S/c31-29(32)23-11-5-19(6-12-23)1-3-21-9-15-27-25(17-21)26-18-22(10-16-28(26)35-27)4-2-20-7-13-24(14-8-20)30(33)34/h1-18H. The molecular weight excluding hydrogens is 460 g/mol. The molecule has 5 rings (SSSR count). The molecule has 7 heteroatoms. The smallest absolute Gasteiger partial charge is 0.258 e. The maximum atomic E-state index is 10.8. The molecular formula is C28H18N2O4S. The SMILES string of the molecule is O=[N+]([O-])c1ccc(C=Cc2ccc3sc4ccc(C=Cc5ccc([N+](=O)[O-])cc5)cc4c3c2)cc1. The summed E-state index contributed by atoms with van der Waals surface area (Å²) in [6.07, 6.45) is 7.89. The Hall–Kier alpha value is -4.62. The van der Waals surface area contributed by atoms with Gasteiger partial charge in [0.2, 0.25) is 0 Å². The van der Waals surface area contributed by atoms with E-state index in [1.54, 1.807) is 35.6 Å². The minimum atomic E-state index is -0.404. The molecule has 0 unspecified atom stereocenters. The minimum absolute atomic E-state index is 0.0757. The summed E-state index contributed by atoms with van der Waals surface area (Å²) in [7, 11) is 0. The molecule has 0 amide bonds. The van der Waals surface area contributed by atoms with Crippen molar-refractivity contribution in [3.05, 3.63) is 127 Å². The lowest BCUT2D eigenvalue weighted by Crippen LogP contribution is -1.86. The highest BCUT2D eigenvalue weighted by atomic mass is 32.1. The zero-order valence-electron chi connectivity index (χ0n) is 18.3. The van der Waals surface area contributed by atoms with Gasteiger partial charge in [-0.1, -0.05) is 36.4 Å². The first-order valence-corrected chi connectivity index (χ1v) is 11.6. The van der Waals surface area contributed by atoms with Crippen molar-refractivity contribution in [2.45, 2.75) is 0 Å². The third kappa shape index (κ3) is 4.85. The summed E-state index contributed by atoms with van der Waals surface area (Å²) in [4.78, 5) is 20.9. The van der Waals surface area contributed by atoms with Gasteiger partial charge in [0, 0.05) is 44.4 Å². The molecule has 0 aliphatic carbocycles. The van der Waals surface area contributed by atoms with Gasteiger partial charge < -0.3 is 0 Å². The molecule has 0 saturated heterocycles. The minimum Gasteiger partial charge on any atom is -0.258 e. The summed E-state index contributed by atoms with van der Waals surface area (Å²) >= 11 is 1.74. The van der Waals surface area contributed by atoms with Crippen molar-refractivity contribution in [2.75, 3.05) is 0 Å². The summed E-state index contributed by atoms with van der Waals surface area (Å²) in [6.45, 7) is 0. The topological polar surface area (TPSA) is 86.3 Å². The second-order valence-electron chi connectivity index (χ2n) is 7.98. The van der Waals surface area contributed by atoms with Crippen molar-refractivity contribution in [3.63, 3.8) is 0 Å². The first-order chi connectivity index (χ1) is 17.0. The highest BCUT2D eigenvalue weighted by Crippen LogP contribution is 2.35. The Kier molecular flexibility index (Phi) is 5.91. The van der Waals surface area contributed by atoms with Crippen LogP contribution in [0.4, 0.5) is 11.4 Å². The number of rotatable bonds is 6. The molecule has 0 saturated carbocycles. The molecule has 4 aromatic carbocycles. The normalized spacial score (nSPS) is 11.7. The van der Waals surface area contributed by atoms with Crippen LogP contribution >= 0.6 is 11.3 Å². The van der Waals surface area contributed by atoms with E-state index in [4.69, 9.17) is 0 Å². The first kappa shape index (κ1) is 22.2. The van der Waals surface area contributed by atoms with Crippen molar-refractivity contribution >= 4 is 67.2 Å². The van der Waals surface area contributed by atoms with Crippen LogP contribution in [0.3, 0.4) is 0 Å². The Morgan fingerprint density at radius 2 is 0.857 bits per heavy atom. The lowest BCUT2D eigenvalue weighted by atomic mass is 10.1. The Morgan fingerprint density at radius 3 is 1.23 bits per heavy atom. The lowest BCUT2D eigenvalue weighted by Gasteiger charge is -1.99. The number of nitro benzene ring substituents is 2. The van der Waals surface area contributed by atoms with E-state index < -0.39 is 9.85 Å². The fourth-order valence-corrected chi connectivity index (χ4v) is 4.89. The average molecular weight is 479 g/mol. The molecule has 0 radical (unpaired) electrons. The van der Waals surface area contributed by atoms with Crippen molar-refractivity contribution < 1.29 is 9.85 Å². The van der Waals surface area contributed by atoms with Crippen molar-refractivity contribution in [1.29, 1.82) is 0 Å². The fraction of sp³-hybridized carbons (Fsp3) is 0. The van der Waals surface area contributed by atoms with Crippen LogP contribution in [0.2, 0.25) is 0 Å². The van der Waals surface area contributed by atoms with Crippen LogP contribution in [0.15, 0.2) is 84.9 Å². The van der Waals surface area contributed by atoms with Gasteiger partial charge in [-0.25, -0.2) is 0 Å². The van der Waals surface area contributed by atoms with Crippen LogP contribution in [0.25, 0.3) is 44.5 Å². The Labute approximate surface area is 204 Å². The van der Waals surface area contributed by atoms with E-state index in [-0.39, 0.29) is 11.4 Å². The molecule has 1 aromatic heterocycles. The van der Waals surface area contributed by atoms with Crippen molar-refractivity contribution in [1.82, 2.24) is 0 Å². The van der Waals surface area contributed by atoms with Crippen molar-refractivity contribution in [3.8, 4) is 0 Å². The van der Waals surface area contributed by atoms with Crippen LogP contribution in [0.5, 0.6) is 0 Å². The van der Waals surface area contributed by atoms with E-state index in [1.165, 1.54) is 44.4 Å². The fourth-order valence-electron chi connectivity index (χ4n) is 3.82. The predicted octanol–water partition coefficient (Wildman–Crippen LogP) is 8.21. The van der Waals surface area contributed by atoms with E-state index in [9.17, 15) is 20.2 Å². The van der Waals surface area contributed by atoms with Crippen LogP contribution < -0.4 is 0 Å². The zero-order valence-corrected chi connectivity index (χ0v) is 19.1. The van der Waals surface area contributed by atoms with Crippen LogP contribution in [-0.4, -0.2) is 9.85 Å². The Morgan fingerprint density at radius 1 is 0.514 bits per heavy atom. The van der Waals surface area contributed by atoms with Gasteiger partial charge in [0.1, 0.15) is 0 Å². The molecule has 5 aromatic rings. The summed E-state index contributed by atoms with van der Waals surface area (Å²) < 4.78 is 2.40. The van der Waals surface area contributed by atoms with E-state index in [0.29, 0.717) is 0 Å². The van der Waals surface area contributed by atoms with Gasteiger partial charge in [-0.3, -0.25) is 20.2 Å². The second-order valence-corrected chi connectivity index (χ2v) is 9.06. The van der Waals surface area contributed by atoms with Gasteiger partial charge in [-0.05, 0) is 70.8 Å². The maximum absolute atomic E-state index is 10.8. The molecule has 0 aliphatic heterocycles. The van der Waals surface area contributed by atoms with Gasteiger partial charge in [-0.2, -0.15) is 0 Å². The number of thiophene rings is 1. The summed E-state index contributed by atoms with van der Waals surface area (Å²) in [5, 5.41) is 24.0. The molecule has 0 atom stereocenters. The first-order valence-electron chi connectivity index (χ1n) is 10.8. The van der Waals surface area contributed by atoms with E-state index in [2.05, 4.69) is 36.4 Å². The zero-order chi connectivity index (χ0) is 24.4. The Bertz CT molecular complexity index is 1510. The number of nitro groups is 2. The second kappa shape index (κ2) is 9.32. The molecule has 0 spiro atoms.